The van der Waals surface area contributed by atoms with Crippen molar-refractivity contribution in [3.63, 3.8) is 0 Å². The molecule has 1 aliphatic heterocycles. The van der Waals surface area contributed by atoms with E-state index < -0.39 is 0 Å². The van der Waals surface area contributed by atoms with E-state index in [0.717, 1.165) is 62.7 Å². The zero-order valence-corrected chi connectivity index (χ0v) is 19.9. The maximum absolute atomic E-state index is 12.2. The highest BCUT2D eigenvalue weighted by atomic mass is 16.2. The van der Waals surface area contributed by atoms with Crippen LogP contribution in [0.4, 0.5) is 0 Å². The molecule has 0 saturated heterocycles. The molecule has 3 rings (SSSR count). The number of amides is 1. The van der Waals surface area contributed by atoms with Crippen LogP contribution in [0, 0.1) is 0 Å². The molecule has 0 fully saturated rings. The van der Waals surface area contributed by atoms with Gasteiger partial charge in [-0.2, -0.15) is 0 Å². The van der Waals surface area contributed by atoms with Crippen LogP contribution in [0.25, 0.3) is 0 Å². The van der Waals surface area contributed by atoms with Gasteiger partial charge in [0.1, 0.15) is 0 Å². The lowest BCUT2D eigenvalue weighted by atomic mass is 9.99. The Morgan fingerprint density at radius 3 is 2.66 bits per heavy atom. The predicted molar refractivity (Wildman–Crippen MR) is 132 cm³/mol. The quantitative estimate of drug-likeness (QED) is 0.494. The van der Waals surface area contributed by atoms with Gasteiger partial charge in [-0.1, -0.05) is 36.4 Å². The van der Waals surface area contributed by atoms with Crippen LogP contribution in [-0.2, 0) is 19.4 Å². The van der Waals surface area contributed by atoms with E-state index >= 15 is 0 Å². The van der Waals surface area contributed by atoms with Crippen molar-refractivity contribution in [1.29, 1.82) is 0 Å². The number of aliphatic imine (C=N–C) groups is 1. The van der Waals surface area contributed by atoms with E-state index in [1.54, 1.807) is 19.0 Å². The van der Waals surface area contributed by atoms with Gasteiger partial charge in [-0.15, -0.1) is 0 Å². The lowest BCUT2D eigenvalue weighted by Gasteiger charge is -2.33. The number of nitrogens with zero attached hydrogens (tertiary/aromatic N) is 3. The third-order valence-corrected chi connectivity index (χ3v) is 5.93. The molecule has 172 valence electrons. The Hall–Kier alpha value is -2.86. The van der Waals surface area contributed by atoms with Gasteiger partial charge in [0.25, 0.3) is 5.91 Å². The van der Waals surface area contributed by atoms with Crippen molar-refractivity contribution in [2.75, 3.05) is 40.3 Å². The van der Waals surface area contributed by atoms with Gasteiger partial charge in [0.05, 0.1) is 6.54 Å². The van der Waals surface area contributed by atoms with E-state index in [1.807, 2.05) is 18.2 Å². The Bertz CT molecular complexity index is 924. The van der Waals surface area contributed by atoms with Gasteiger partial charge in [0.2, 0.25) is 0 Å². The average Bonchev–Trinajstić information content (AvgIpc) is 2.81. The van der Waals surface area contributed by atoms with Gasteiger partial charge in [0.15, 0.2) is 5.96 Å². The van der Waals surface area contributed by atoms with Crippen LogP contribution in [0.5, 0.6) is 0 Å². The summed E-state index contributed by atoms with van der Waals surface area (Å²) >= 11 is 0. The van der Waals surface area contributed by atoms with Crippen molar-refractivity contribution < 1.29 is 4.79 Å². The number of guanidine groups is 1. The number of hydrogen-bond acceptors (Lipinski definition) is 3. The van der Waals surface area contributed by atoms with Crippen molar-refractivity contribution in [3.05, 3.63) is 70.8 Å². The Morgan fingerprint density at radius 2 is 1.91 bits per heavy atom. The van der Waals surface area contributed by atoms with Gasteiger partial charge in [-0.3, -0.25) is 14.7 Å². The van der Waals surface area contributed by atoms with E-state index in [0.29, 0.717) is 6.04 Å². The summed E-state index contributed by atoms with van der Waals surface area (Å²) in [6.07, 6.45) is 1.94. The van der Waals surface area contributed by atoms with Crippen molar-refractivity contribution in [1.82, 2.24) is 20.4 Å². The highest BCUT2D eigenvalue weighted by Crippen LogP contribution is 2.20. The molecule has 0 bridgehead atoms. The van der Waals surface area contributed by atoms with Gasteiger partial charge >= 0.3 is 0 Å². The van der Waals surface area contributed by atoms with Crippen LogP contribution in [0.2, 0.25) is 0 Å². The summed E-state index contributed by atoms with van der Waals surface area (Å²) in [6, 6.07) is 17.0. The second-order valence-electron chi connectivity index (χ2n) is 8.63. The van der Waals surface area contributed by atoms with Crippen LogP contribution >= 0.6 is 0 Å². The topological polar surface area (TPSA) is 60.0 Å². The number of carbonyl (C=O) groups excluding carboxylic acids is 1. The van der Waals surface area contributed by atoms with E-state index in [2.05, 4.69) is 59.7 Å². The normalized spacial score (nSPS) is 15.1. The zero-order chi connectivity index (χ0) is 22.9. The minimum Gasteiger partial charge on any atom is -0.357 e. The fourth-order valence-electron chi connectivity index (χ4n) is 4.02. The number of hydrogen-bond donors (Lipinski definition) is 2. The van der Waals surface area contributed by atoms with Crippen molar-refractivity contribution in [2.24, 2.45) is 4.99 Å². The monoisotopic (exact) mass is 435 g/mol. The van der Waals surface area contributed by atoms with Gasteiger partial charge in [-0.05, 0) is 55.5 Å². The molecule has 2 N–H and O–H groups in total. The Labute approximate surface area is 192 Å². The summed E-state index contributed by atoms with van der Waals surface area (Å²) < 4.78 is 0. The third-order valence-electron chi connectivity index (χ3n) is 5.93. The molecule has 1 amide bonds. The Morgan fingerprint density at radius 1 is 1.12 bits per heavy atom. The molecule has 0 aliphatic carbocycles. The smallest absolute Gasteiger partial charge is 0.253 e. The van der Waals surface area contributed by atoms with Crippen LogP contribution < -0.4 is 10.6 Å². The molecule has 6 nitrogen and oxygen atoms in total. The lowest BCUT2D eigenvalue weighted by Crippen LogP contribution is -2.42. The fourth-order valence-corrected chi connectivity index (χ4v) is 4.02. The Balaban J connectivity index is 1.52. The lowest BCUT2D eigenvalue weighted by molar-refractivity contribution is 0.0827. The summed E-state index contributed by atoms with van der Waals surface area (Å²) in [5.41, 5.74) is 4.78. The molecule has 0 radical (unpaired) electrons. The third kappa shape index (κ3) is 6.57. The zero-order valence-electron chi connectivity index (χ0n) is 19.9. The van der Waals surface area contributed by atoms with Crippen molar-refractivity contribution in [3.8, 4) is 0 Å². The van der Waals surface area contributed by atoms with Crippen LogP contribution in [0.1, 0.15) is 40.9 Å². The molecule has 2 aromatic carbocycles. The molecule has 0 saturated carbocycles. The minimum absolute atomic E-state index is 0.0315. The minimum atomic E-state index is 0.0315. The van der Waals surface area contributed by atoms with Crippen molar-refractivity contribution in [2.45, 2.75) is 39.3 Å². The van der Waals surface area contributed by atoms with E-state index in [9.17, 15) is 4.79 Å². The molecule has 6 heteroatoms. The first-order valence-electron chi connectivity index (χ1n) is 11.6. The molecule has 32 heavy (non-hydrogen) atoms. The van der Waals surface area contributed by atoms with Crippen LogP contribution in [0.15, 0.2) is 53.5 Å². The highest BCUT2D eigenvalue weighted by Gasteiger charge is 2.20. The van der Waals surface area contributed by atoms with E-state index in [-0.39, 0.29) is 5.91 Å². The SMILES string of the molecule is CCNC(=NCC(C)N1CCc2ccccc2C1)NCCc1cccc(C(=O)N(C)C)c1. The summed E-state index contributed by atoms with van der Waals surface area (Å²) in [7, 11) is 3.55. The van der Waals surface area contributed by atoms with Crippen molar-refractivity contribution >= 4 is 11.9 Å². The number of rotatable bonds is 8. The van der Waals surface area contributed by atoms with Crippen LogP contribution in [-0.4, -0.2) is 68.0 Å². The number of carbonyl (C=O) groups is 1. The summed E-state index contributed by atoms with van der Waals surface area (Å²) in [4.78, 5) is 21.1. The largest absolute Gasteiger partial charge is 0.357 e. The molecule has 1 atom stereocenters. The molecule has 1 heterocycles. The number of benzene rings is 2. The summed E-state index contributed by atoms with van der Waals surface area (Å²) in [5, 5.41) is 6.79. The molecule has 0 spiro atoms. The summed E-state index contributed by atoms with van der Waals surface area (Å²) in [6.45, 7) is 8.76. The first-order valence-corrected chi connectivity index (χ1v) is 11.6. The maximum atomic E-state index is 12.2. The number of nitrogens with one attached hydrogen (secondary N) is 2. The van der Waals surface area contributed by atoms with Gasteiger partial charge < -0.3 is 15.5 Å². The van der Waals surface area contributed by atoms with E-state index in [4.69, 9.17) is 4.99 Å². The van der Waals surface area contributed by atoms with Crippen LogP contribution in [0.3, 0.4) is 0 Å². The first kappa shape index (κ1) is 23.8. The first-order chi connectivity index (χ1) is 15.5. The molecule has 1 aliphatic rings. The molecular formula is C26H37N5O. The molecule has 0 aromatic heterocycles. The second-order valence-corrected chi connectivity index (χ2v) is 8.63. The molecule has 1 unspecified atom stereocenters. The molecular weight excluding hydrogens is 398 g/mol. The fraction of sp³-hybridized carbons (Fsp3) is 0.462. The number of fused-ring (bicyclic) bond motifs is 1. The molecule has 2 aromatic rings. The maximum Gasteiger partial charge on any atom is 0.253 e. The predicted octanol–water partition coefficient (Wildman–Crippen LogP) is 2.93. The average molecular weight is 436 g/mol. The summed E-state index contributed by atoms with van der Waals surface area (Å²) in [5.74, 6) is 0.876. The van der Waals surface area contributed by atoms with Gasteiger partial charge in [-0.25, -0.2) is 0 Å². The standard InChI is InChI=1S/C26H37N5O/c1-5-27-26(28-15-13-21-9-8-12-23(17-21)25(32)30(3)4)29-18-20(2)31-16-14-22-10-6-7-11-24(22)19-31/h6-12,17,20H,5,13-16,18-19H2,1-4H3,(H2,27,28,29). The highest BCUT2D eigenvalue weighted by molar-refractivity contribution is 5.94. The van der Waals surface area contributed by atoms with Gasteiger partial charge in [0, 0.05) is 51.9 Å². The Kier molecular flexibility index (Phi) is 8.68. The van der Waals surface area contributed by atoms with E-state index in [1.165, 1.54) is 11.1 Å². The second kappa shape index (κ2) is 11.7.